The fourth-order valence-electron chi connectivity index (χ4n) is 2.52. The summed E-state index contributed by atoms with van der Waals surface area (Å²) >= 11 is 0. The van der Waals surface area contributed by atoms with Crippen LogP contribution in [0.2, 0.25) is 0 Å². The molecule has 0 radical (unpaired) electrons. The number of fused-ring (bicyclic) bond motifs is 1. The molecule has 2 aromatic rings. The average Bonchev–Trinajstić information content (AvgIpc) is 3.11. The molecule has 0 amide bonds. The van der Waals surface area contributed by atoms with Crippen LogP contribution in [0.15, 0.2) is 24.4 Å². The van der Waals surface area contributed by atoms with Crippen molar-refractivity contribution in [2.75, 3.05) is 13.1 Å². The van der Waals surface area contributed by atoms with Gasteiger partial charge in [-0.2, -0.15) is 0 Å². The summed E-state index contributed by atoms with van der Waals surface area (Å²) in [4.78, 5) is 0. The number of pyridine rings is 1. The number of hydrogen-bond donors (Lipinski definition) is 0. The van der Waals surface area contributed by atoms with Crippen LogP contribution in [0.1, 0.15) is 24.6 Å². The molecule has 0 unspecified atom stereocenters. The van der Waals surface area contributed by atoms with Crippen molar-refractivity contribution < 1.29 is 8.42 Å². The van der Waals surface area contributed by atoms with Gasteiger partial charge in [0.2, 0.25) is 10.0 Å². The van der Waals surface area contributed by atoms with Gasteiger partial charge in [0, 0.05) is 25.2 Å². The van der Waals surface area contributed by atoms with Crippen molar-refractivity contribution in [1.82, 2.24) is 18.9 Å². The monoisotopic (exact) mass is 278 g/mol. The molecule has 2 aliphatic rings. The second-order valence-electron chi connectivity index (χ2n) is 5.25. The van der Waals surface area contributed by atoms with Gasteiger partial charge in [0.1, 0.15) is 5.82 Å². The topological polar surface area (TPSA) is 67.6 Å². The quantitative estimate of drug-likeness (QED) is 0.825. The van der Waals surface area contributed by atoms with E-state index in [1.165, 1.54) is 0 Å². The summed E-state index contributed by atoms with van der Waals surface area (Å²) in [7, 11) is -3.03. The lowest BCUT2D eigenvalue weighted by Gasteiger charge is -2.37. The van der Waals surface area contributed by atoms with Crippen molar-refractivity contribution in [2.24, 2.45) is 0 Å². The van der Waals surface area contributed by atoms with Gasteiger partial charge in [-0.3, -0.25) is 4.40 Å². The van der Waals surface area contributed by atoms with Gasteiger partial charge in [-0.1, -0.05) is 6.07 Å². The molecule has 0 spiro atoms. The number of aromatic nitrogens is 3. The minimum atomic E-state index is -3.03. The van der Waals surface area contributed by atoms with E-state index in [9.17, 15) is 8.42 Å². The Morgan fingerprint density at radius 2 is 1.95 bits per heavy atom. The van der Waals surface area contributed by atoms with E-state index in [0.29, 0.717) is 13.1 Å². The molecule has 0 aromatic carbocycles. The Labute approximate surface area is 111 Å². The van der Waals surface area contributed by atoms with Crippen LogP contribution in [-0.2, 0) is 10.0 Å². The molecule has 0 atom stereocenters. The van der Waals surface area contributed by atoms with E-state index < -0.39 is 10.0 Å². The van der Waals surface area contributed by atoms with Crippen LogP contribution in [0.25, 0.3) is 5.65 Å². The fourth-order valence-corrected chi connectivity index (χ4v) is 4.45. The number of sulfonamides is 1. The standard InChI is InChI=1S/C12H14N4O2S/c17-19(18,10-4-5-10)15-7-9(8-15)12-14-13-11-3-1-2-6-16(11)12/h1-3,6,9-10H,4-5,7-8H2. The van der Waals surface area contributed by atoms with Crippen molar-refractivity contribution in [3.63, 3.8) is 0 Å². The lowest BCUT2D eigenvalue weighted by molar-refractivity contribution is 0.254. The third-order valence-electron chi connectivity index (χ3n) is 3.86. The lowest BCUT2D eigenvalue weighted by Crippen LogP contribution is -2.50. The van der Waals surface area contributed by atoms with E-state index in [1.54, 1.807) is 4.31 Å². The van der Waals surface area contributed by atoms with Gasteiger partial charge < -0.3 is 0 Å². The van der Waals surface area contributed by atoms with E-state index >= 15 is 0 Å². The van der Waals surface area contributed by atoms with Gasteiger partial charge in [0.15, 0.2) is 5.65 Å². The first kappa shape index (κ1) is 11.4. The smallest absolute Gasteiger partial charge is 0.217 e. The summed E-state index contributed by atoms with van der Waals surface area (Å²) < 4.78 is 27.6. The van der Waals surface area contributed by atoms with Gasteiger partial charge in [-0.15, -0.1) is 10.2 Å². The molecular formula is C12H14N4O2S. The summed E-state index contributed by atoms with van der Waals surface area (Å²) in [5.74, 6) is 1.02. The molecule has 4 rings (SSSR count). The maximum absolute atomic E-state index is 12.0. The SMILES string of the molecule is O=S(=O)(C1CC1)N1CC(c2nnc3ccccn23)C1. The van der Waals surface area contributed by atoms with E-state index in [1.807, 2.05) is 28.8 Å². The first-order valence-electron chi connectivity index (χ1n) is 6.45. The highest BCUT2D eigenvalue weighted by Gasteiger charge is 2.46. The molecule has 1 saturated carbocycles. The normalized spacial score (nSPS) is 21.7. The highest BCUT2D eigenvalue weighted by Crippen LogP contribution is 2.36. The molecule has 100 valence electrons. The van der Waals surface area contributed by atoms with Crippen molar-refractivity contribution in [3.8, 4) is 0 Å². The Kier molecular flexibility index (Phi) is 2.25. The van der Waals surface area contributed by atoms with Crippen molar-refractivity contribution in [2.45, 2.75) is 24.0 Å². The Balaban J connectivity index is 1.57. The van der Waals surface area contributed by atoms with E-state index in [2.05, 4.69) is 10.2 Å². The molecule has 2 fully saturated rings. The second-order valence-corrected chi connectivity index (χ2v) is 7.46. The zero-order chi connectivity index (χ0) is 13.0. The van der Waals surface area contributed by atoms with Gasteiger partial charge in [-0.25, -0.2) is 12.7 Å². The van der Waals surface area contributed by atoms with Crippen LogP contribution in [0.5, 0.6) is 0 Å². The van der Waals surface area contributed by atoms with E-state index in [0.717, 1.165) is 24.3 Å². The molecular weight excluding hydrogens is 264 g/mol. The van der Waals surface area contributed by atoms with Crippen LogP contribution < -0.4 is 0 Å². The molecule has 0 N–H and O–H groups in total. The summed E-state index contributed by atoms with van der Waals surface area (Å²) in [6, 6.07) is 5.74. The Bertz CT molecular complexity index is 729. The number of nitrogens with zero attached hydrogens (tertiary/aromatic N) is 4. The minimum Gasteiger partial charge on any atom is -0.286 e. The summed E-state index contributed by atoms with van der Waals surface area (Å²) in [5.41, 5.74) is 0.806. The van der Waals surface area contributed by atoms with Crippen LogP contribution in [0, 0.1) is 0 Å². The number of rotatable bonds is 3. The van der Waals surface area contributed by atoms with E-state index in [4.69, 9.17) is 0 Å². The van der Waals surface area contributed by atoms with Crippen molar-refractivity contribution in [1.29, 1.82) is 0 Å². The van der Waals surface area contributed by atoms with Crippen LogP contribution >= 0.6 is 0 Å². The third-order valence-corrected chi connectivity index (χ3v) is 6.19. The summed E-state index contributed by atoms with van der Waals surface area (Å²) in [5, 5.41) is 8.17. The molecule has 7 heteroatoms. The highest BCUT2D eigenvalue weighted by atomic mass is 32.2. The van der Waals surface area contributed by atoms with Gasteiger partial charge >= 0.3 is 0 Å². The van der Waals surface area contributed by atoms with Crippen LogP contribution in [0.4, 0.5) is 0 Å². The maximum Gasteiger partial charge on any atom is 0.217 e. The number of hydrogen-bond acceptors (Lipinski definition) is 4. The second kappa shape index (κ2) is 3.77. The Morgan fingerprint density at radius 3 is 2.68 bits per heavy atom. The summed E-state index contributed by atoms with van der Waals surface area (Å²) in [6.07, 6.45) is 3.55. The minimum absolute atomic E-state index is 0.122. The molecule has 2 aromatic heterocycles. The van der Waals surface area contributed by atoms with Gasteiger partial charge in [-0.05, 0) is 25.0 Å². The zero-order valence-corrected chi connectivity index (χ0v) is 11.1. The predicted molar refractivity (Wildman–Crippen MR) is 69.2 cm³/mol. The summed E-state index contributed by atoms with van der Waals surface area (Å²) in [6.45, 7) is 1.07. The molecule has 1 aliphatic carbocycles. The Morgan fingerprint density at radius 1 is 1.16 bits per heavy atom. The predicted octanol–water partition coefficient (Wildman–Crippen LogP) is 0.621. The van der Waals surface area contributed by atoms with Crippen molar-refractivity contribution in [3.05, 3.63) is 30.2 Å². The van der Waals surface area contributed by atoms with Crippen molar-refractivity contribution >= 4 is 15.7 Å². The molecule has 0 bridgehead atoms. The average molecular weight is 278 g/mol. The van der Waals surface area contributed by atoms with Crippen LogP contribution in [0.3, 0.4) is 0 Å². The fraction of sp³-hybridized carbons (Fsp3) is 0.500. The molecule has 3 heterocycles. The Hall–Kier alpha value is -1.47. The molecule has 6 nitrogen and oxygen atoms in total. The zero-order valence-electron chi connectivity index (χ0n) is 10.3. The maximum atomic E-state index is 12.0. The van der Waals surface area contributed by atoms with Gasteiger partial charge in [0.05, 0.1) is 5.25 Å². The molecule has 1 aliphatic heterocycles. The highest BCUT2D eigenvalue weighted by molar-refractivity contribution is 7.90. The molecule has 19 heavy (non-hydrogen) atoms. The molecule has 1 saturated heterocycles. The first-order chi connectivity index (χ1) is 9.16. The first-order valence-corrected chi connectivity index (χ1v) is 7.95. The lowest BCUT2D eigenvalue weighted by atomic mass is 10.0. The largest absolute Gasteiger partial charge is 0.286 e. The third kappa shape index (κ3) is 1.68. The van der Waals surface area contributed by atoms with E-state index in [-0.39, 0.29) is 11.2 Å². The van der Waals surface area contributed by atoms with Gasteiger partial charge in [0.25, 0.3) is 0 Å². The van der Waals surface area contributed by atoms with Crippen LogP contribution in [-0.4, -0.2) is 45.7 Å².